The number of esters is 2. The highest BCUT2D eigenvalue weighted by molar-refractivity contribution is 14.1. The molecule has 0 aliphatic heterocycles. The van der Waals surface area contributed by atoms with Crippen molar-refractivity contribution < 1.29 is 32.0 Å². The quantitative estimate of drug-likeness (QED) is 0.148. The standard InChI is InChI=1S/C24H19I5O7S/c25-13-2-15(26)19(16(27)3-13)36-22(31)24-8-11-1-12(9-24)7-23(6-11,10-24)21(30)35-14-4-17(28)20(18(29)5-14)37(32,33)34/h2-5,11-12H,1,6-10H2,(H,32,33,34). The molecule has 6 rings (SSSR count). The normalized spacial score (nSPS) is 28.3. The van der Waals surface area contributed by atoms with Crippen molar-refractivity contribution in [2.75, 3.05) is 0 Å². The highest BCUT2D eigenvalue weighted by atomic mass is 127. The molecular formula is C24H19I5O7S. The van der Waals surface area contributed by atoms with Crippen LogP contribution in [0.2, 0.25) is 0 Å². The number of hydrogen-bond acceptors (Lipinski definition) is 6. The van der Waals surface area contributed by atoms with Gasteiger partial charge < -0.3 is 9.47 Å². The van der Waals surface area contributed by atoms with Gasteiger partial charge in [-0.1, -0.05) is 0 Å². The van der Waals surface area contributed by atoms with Crippen molar-refractivity contribution in [2.24, 2.45) is 22.7 Å². The van der Waals surface area contributed by atoms with Crippen molar-refractivity contribution in [3.63, 3.8) is 0 Å². The lowest BCUT2D eigenvalue weighted by molar-refractivity contribution is -0.183. The van der Waals surface area contributed by atoms with Gasteiger partial charge in [0.1, 0.15) is 10.6 Å². The highest BCUT2D eigenvalue weighted by Crippen LogP contribution is 2.66. The minimum absolute atomic E-state index is 0.204. The van der Waals surface area contributed by atoms with E-state index >= 15 is 0 Å². The monoisotopic (exact) mass is 1090 g/mol. The summed E-state index contributed by atoms with van der Waals surface area (Å²) in [5.41, 5.74) is -1.51. The van der Waals surface area contributed by atoms with Crippen LogP contribution in [-0.2, 0) is 19.7 Å². The molecule has 7 nitrogen and oxygen atoms in total. The molecule has 0 amide bonds. The Morgan fingerprint density at radius 1 is 0.784 bits per heavy atom. The molecule has 37 heavy (non-hydrogen) atoms. The average Bonchev–Trinajstić information content (AvgIpc) is 2.73. The molecule has 0 radical (unpaired) electrons. The summed E-state index contributed by atoms with van der Waals surface area (Å²) in [6.45, 7) is 0. The van der Waals surface area contributed by atoms with Crippen LogP contribution in [0.5, 0.6) is 11.5 Å². The fourth-order valence-electron chi connectivity index (χ4n) is 6.62. The first kappa shape index (κ1) is 29.4. The molecule has 4 aliphatic rings. The minimum atomic E-state index is -4.41. The van der Waals surface area contributed by atoms with E-state index in [9.17, 15) is 22.6 Å². The third-order valence-corrected chi connectivity index (χ3v) is 13.1. The Morgan fingerprint density at radius 2 is 1.24 bits per heavy atom. The number of carbonyl (C=O) groups excluding carboxylic acids is 2. The van der Waals surface area contributed by atoms with Crippen LogP contribution in [0.4, 0.5) is 0 Å². The zero-order chi connectivity index (χ0) is 26.9. The zero-order valence-corrected chi connectivity index (χ0v) is 30.5. The van der Waals surface area contributed by atoms with Gasteiger partial charge in [0, 0.05) is 10.7 Å². The van der Waals surface area contributed by atoms with E-state index in [0.29, 0.717) is 37.9 Å². The lowest BCUT2D eigenvalue weighted by Crippen LogP contribution is -2.59. The van der Waals surface area contributed by atoms with Crippen LogP contribution in [-0.4, -0.2) is 24.9 Å². The molecule has 0 spiro atoms. The van der Waals surface area contributed by atoms with Gasteiger partial charge in [0.25, 0.3) is 10.1 Å². The number of ether oxygens (including phenoxy) is 2. The number of rotatable bonds is 5. The fourth-order valence-corrected chi connectivity index (χ4v) is 14.4. The molecule has 198 valence electrons. The first-order valence-electron chi connectivity index (χ1n) is 11.3. The largest absolute Gasteiger partial charge is 0.426 e. The first-order valence-corrected chi connectivity index (χ1v) is 18.1. The number of benzene rings is 2. The molecular weight excluding hydrogens is 1070 g/mol. The Labute approximate surface area is 282 Å². The lowest BCUT2D eigenvalue weighted by atomic mass is 9.44. The molecule has 2 unspecified atom stereocenters. The molecule has 2 aromatic rings. The van der Waals surface area contributed by atoms with E-state index in [2.05, 4.69) is 67.8 Å². The summed E-state index contributed by atoms with van der Waals surface area (Å²) in [5, 5.41) is 0. The van der Waals surface area contributed by atoms with Crippen molar-refractivity contribution in [3.05, 3.63) is 42.1 Å². The summed E-state index contributed by atoms with van der Waals surface area (Å²) in [6.07, 6.45) is 4.17. The Kier molecular flexibility index (Phi) is 8.47. The van der Waals surface area contributed by atoms with E-state index in [0.717, 1.165) is 17.1 Å². The van der Waals surface area contributed by atoms with Crippen LogP contribution in [0.25, 0.3) is 0 Å². The molecule has 13 heteroatoms. The van der Waals surface area contributed by atoms with E-state index in [1.807, 2.05) is 12.1 Å². The minimum Gasteiger partial charge on any atom is -0.426 e. The van der Waals surface area contributed by atoms with Crippen molar-refractivity contribution in [1.29, 1.82) is 0 Å². The van der Waals surface area contributed by atoms with Crippen LogP contribution >= 0.6 is 113 Å². The molecule has 0 saturated heterocycles. The predicted octanol–water partition coefficient (Wildman–Crippen LogP) is 7.05. The fraction of sp³-hybridized carbons (Fsp3) is 0.417. The van der Waals surface area contributed by atoms with Gasteiger partial charge in [-0.3, -0.25) is 14.1 Å². The van der Waals surface area contributed by atoms with Crippen LogP contribution in [0.3, 0.4) is 0 Å². The summed E-state index contributed by atoms with van der Waals surface area (Å²) < 4.78 is 48.2. The van der Waals surface area contributed by atoms with Gasteiger partial charge in [0.2, 0.25) is 0 Å². The molecule has 4 bridgehead atoms. The second kappa shape index (κ2) is 10.6. The van der Waals surface area contributed by atoms with Crippen LogP contribution < -0.4 is 9.47 Å². The van der Waals surface area contributed by atoms with Gasteiger partial charge in [-0.15, -0.1) is 0 Å². The van der Waals surface area contributed by atoms with Gasteiger partial charge in [0.15, 0.2) is 5.75 Å². The number of halogens is 5. The summed E-state index contributed by atoms with van der Waals surface area (Å²) in [4.78, 5) is 27.2. The van der Waals surface area contributed by atoms with E-state index in [-0.39, 0.29) is 41.6 Å². The molecule has 4 saturated carbocycles. The molecule has 2 atom stereocenters. The number of carbonyl (C=O) groups is 2. The Hall–Kier alpha value is 0.940. The van der Waals surface area contributed by atoms with Crippen molar-refractivity contribution in [1.82, 2.24) is 0 Å². The number of hydrogen-bond donors (Lipinski definition) is 1. The Bertz CT molecular complexity index is 1380. The lowest BCUT2D eigenvalue weighted by Gasteiger charge is -2.59. The maximum atomic E-state index is 13.7. The molecule has 1 N–H and O–H groups in total. The van der Waals surface area contributed by atoms with Crippen LogP contribution in [0.1, 0.15) is 38.5 Å². The maximum Gasteiger partial charge on any atom is 0.317 e. The summed E-state index contributed by atoms with van der Waals surface area (Å²) in [5.74, 6) is 0.640. The SMILES string of the molecule is O=C(Oc1cc(I)c(S(=O)(=O)O)c(I)c1)C12CC3CC(C1)CC(C(=O)Oc1c(I)cc(I)cc1I)(C3)C2. The second-order valence-corrected chi connectivity index (χ2v) is 17.4. The predicted molar refractivity (Wildman–Crippen MR) is 177 cm³/mol. The molecule has 2 aromatic carbocycles. The van der Waals surface area contributed by atoms with Gasteiger partial charge in [-0.2, -0.15) is 8.42 Å². The van der Waals surface area contributed by atoms with E-state index in [1.54, 1.807) is 45.2 Å². The van der Waals surface area contributed by atoms with Crippen molar-refractivity contribution >= 4 is 135 Å². The molecule has 0 heterocycles. The van der Waals surface area contributed by atoms with Gasteiger partial charge in [-0.25, -0.2) is 0 Å². The van der Waals surface area contributed by atoms with Crippen molar-refractivity contribution in [3.8, 4) is 11.5 Å². The zero-order valence-electron chi connectivity index (χ0n) is 18.9. The van der Waals surface area contributed by atoms with E-state index in [1.165, 1.54) is 12.1 Å². The van der Waals surface area contributed by atoms with E-state index in [4.69, 9.17) is 9.47 Å². The first-order chi connectivity index (χ1) is 17.2. The van der Waals surface area contributed by atoms with E-state index < -0.39 is 20.9 Å². The van der Waals surface area contributed by atoms with Gasteiger partial charge in [-0.05, 0) is 188 Å². The topological polar surface area (TPSA) is 107 Å². The third-order valence-electron chi connectivity index (χ3n) is 7.53. The summed E-state index contributed by atoms with van der Waals surface area (Å²) >= 11 is 10.2. The van der Waals surface area contributed by atoms with Crippen LogP contribution in [0, 0.1) is 40.5 Å². The second-order valence-electron chi connectivity index (χ2n) is 10.2. The van der Waals surface area contributed by atoms with Crippen molar-refractivity contribution in [2.45, 2.75) is 43.4 Å². The Balaban J connectivity index is 1.42. The van der Waals surface area contributed by atoms with Gasteiger partial charge in [0.05, 0.1) is 18.0 Å². The molecule has 4 aliphatic carbocycles. The third kappa shape index (κ3) is 5.70. The van der Waals surface area contributed by atoms with Gasteiger partial charge >= 0.3 is 11.9 Å². The molecule has 4 fully saturated rings. The smallest absolute Gasteiger partial charge is 0.317 e. The summed E-state index contributed by atoms with van der Waals surface area (Å²) in [6, 6.07) is 6.82. The van der Waals surface area contributed by atoms with Crippen LogP contribution in [0.15, 0.2) is 29.2 Å². The Morgan fingerprint density at radius 3 is 1.70 bits per heavy atom. The highest BCUT2D eigenvalue weighted by Gasteiger charge is 2.64. The summed E-state index contributed by atoms with van der Waals surface area (Å²) in [7, 11) is -4.41. The molecule has 0 aromatic heterocycles. The average molecular weight is 1090 g/mol. The maximum absolute atomic E-state index is 13.7.